The Morgan fingerprint density at radius 2 is 1.68 bits per heavy atom. The van der Waals surface area contributed by atoms with Crippen LogP contribution >= 0.6 is 0 Å². The van der Waals surface area contributed by atoms with Gasteiger partial charge in [0.15, 0.2) is 9.84 Å². The molecule has 0 amide bonds. The molecular weight excluding hydrogens is 304 g/mol. The molecule has 0 atom stereocenters. The molecule has 0 saturated carbocycles. The van der Waals surface area contributed by atoms with E-state index in [0.717, 1.165) is 5.56 Å². The van der Waals surface area contributed by atoms with Crippen LogP contribution in [-0.2, 0) is 24.2 Å². The predicted molar refractivity (Wildman–Crippen MR) is 83.3 cm³/mol. The first-order valence-electron chi connectivity index (χ1n) is 7.26. The standard InChI is InChI=1S/C16H22O5S/c1-13-6-8-16(9-7-13)22(19,20)12-10-15(18)5-3-4-11-21-14(2)17/h6-9H,3-5,10-12H2,1-2H3. The molecule has 0 radical (unpaired) electrons. The average Bonchev–Trinajstić information content (AvgIpc) is 2.45. The number of ketones is 1. The Balaban J connectivity index is 2.33. The molecule has 1 aromatic carbocycles. The van der Waals surface area contributed by atoms with Gasteiger partial charge in [-0.25, -0.2) is 8.42 Å². The van der Waals surface area contributed by atoms with Gasteiger partial charge in [0.05, 0.1) is 17.3 Å². The van der Waals surface area contributed by atoms with Crippen LogP contribution in [0.5, 0.6) is 0 Å². The van der Waals surface area contributed by atoms with Gasteiger partial charge >= 0.3 is 5.97 Å². The van der Waals surface area contributed by atoms with Crippen molar-refractivity contribution in [3.8, 4) is 0 Å². The molecule has 6 heteroatoms. The number of ether oxygens (including phenoxy) is 1. The van der Waals surface area contributed by atoms with Crippen LogP contribution in [0.3, 0.4) is 0 Å². The SMILES string of the molecule is CC(=O)OCCCCC(=O)CCS(=O)(=O)c1ccc(C)cc1. The largest absolute Gasteiger partial charge is 0.466 e. The van der Waals surface area contributed by atoms with E-state index in [1.807, 2.05) is 6.92 Å². The van der Waals surface area contributed by atoms with Gasteiger partial charge in [0, 0.05) is 19.8 Å². The Labute approximate surface area is 131 Å². The Hall–Kier alpha value is -1.69. The summed E-state index contributed by atoms with van der Waals surface area (Å²) < 4.78 is 28.9. The predicted octanol–water partition coefficient (Wildman–Crippen LogP) is 2.46. The number of carbonyl (C=O) groups excluding carboxylic acids is 2. The second-order valence-electron chi connectivity index (χ2n) is 5.22. The van der Waals surface area contributed by atoms with Gasteiger partial charge in [0.2, 0.25) is 0 Å². The average molecular weight is 326 g/mol. The molecule has 0 fully saturated rings. The molecule has 0 aliphatic heterocycles. The van der Waals surface area contributed by atoms with Gasteiger partial charge in [-0.05, 0) is 31.9 Å². The van der Waals surface area contributed by atoms with Crippen molar-refractivity contribution in [2.75, 3.05) is 12.4 Å². The Bertz CT molecular complexity index is 602. The summed E-state index contributed by atoms with van der Waals surface area (Å²) in [5, 5.41) is 0. The molecule has 1 rings (SSSR count). The number of sulfone groups is 1. The van der Waals surface area contributed by atoms with Crippen LogP contribution in [0, 0.1) is 6.92 Å². The highest BCUT2D eigenvalue weighted by Crippen LogP contribution is 2.13. The highest BCUT2D eigenvalue weighted by Gasteiger charge is 2.16. The molecule has 0 aliphatic rings. The van der Waals surface area contributed by atoms with Crippen LogP contribution in [0.2, 0.25) is 0 Å². The van der Waals surface area contributed by atoms with Crippen molar-refractivity contribution in [3.63, 3.8) is 0 Å². The first-order chi connectivity index (χ1) is 10.3. The summed E-state index contributed by atoms with van der Waals surface area (Å²) in [5.41, 5.74) is 0.989. The maximum atomic E-state index is 12.1. The Morgan fingerprint density at radius 3 is 2.27 bits per heavy atom. The third-order valence-electron chi connectivity index (χ3n) is 3.19. The molecule has 0 bridgehead atoms. The number of esters is 1. The normalized spacial score (nSPS) is 11.2. The van der Waals surface area contributed by atoms with E-state index >= 15 is 0 Å². The molecule has 0 heterocycles. The molecule has 0 N–H and O–H groups in total. The lowest BCUT2D eigenvalue weighted by atomic mass is 10.1. The van der Waals surface area contributed by atoms with Crippen molar-refractivity contribution in [1.29, 1.82) is 0 Å². The summed E-state index contributed by atoms with van der Waals surface area (Å²) in [6.45, 7) is 3.51. The van der Waals surface area contributed by atoms with Crippen molar-refractivity contribution in [2.45, 2.75) is 44.4 Å². The van der Waals surface area contributed by atoms with Crippen LogP contribution in [0.15, 0.2) is 29.2 Å². The third-order valence-corrected chi connectivity index (χ3v) is 4.92. The van der Waals surface area contributed by atoms with Gasteiger partial charge in [-0.3, -0.25) is 9.59 Å². The minimum Gasteiger partial charge on any atom is -0.466 e. The van der Waals surface area contributed by atoms with Gasteiger partial charge < -0.3 is 4.74 Å². The topological polar surface area (TPSA) is 77.5 Å². The highest BCUT2D eigenvalue weighted by atomic mass is 32.2. The first-order valence-corrected chi connectivity index (χ1v) is 8.91. The van der Waals surface area contributed by atoms with E-state index in [0.29, 0.717) is 25.9 Å². The van der Waals surface area contributed by atoms with Crippen LogP contribution in [0.1, 0.15) is 38.2 Å². The second kappa shape index (κ2) is 8.68. The van der Waals surface area contributed by atoms with Gasteiger partial charge in [-0.1, -0.05) is 17.7 Å². The van der Waals surface area contributed by atoms with E-state index in [1.165, 1.54) is 6.92 Å². The Kier molecular flexibility index (Phi) is 7.24. The summed E-state index contributed by atoms with van der Waals surface area (Å²) in [6, 6.07) is 6.61. The van der Waals surface area contributed by atoms with E-state index in [9.17, 15) is 18.0 Å². The van der Waals surface area contributed by atoms with Crippen LogP contribution < -0.4 is 0 Å². The number of carbonyl (C=O) groups is 2. The number of aryl methyl sites for hydroxylation is 1. The van der Waals surface area contributed by atoms with Crippen molar-refractivity contribution < 1.29 is 22.7 Å². The first kappa shape index (κ1) is 18.4. The zero-order chi connectivity index (χ0) is 16.6. The fourth-order valence-electron chi connectivity index (χ4n) is 1.88. The van der Waals surface area contributed by atoms with Crippen LogP contribution in [-0.4, -0.2) is 32.5 Å². The number of benzene rings is 1. The molecule has 5 nitrogen and oxygen atoms in total. The number of unbranched alkanes of at least 4 members (excludes halogenated alkanes) is 1. The van der Waals surface area contributed by atoms with Gasteiger partial charge in [-0.15, -0.1) is 0 Å². The molecule has 22 heavy (non-hydrogen) atoms. The van der Waals surface area contributed by atoms with E-state index < -0.39 is 9.84 Å². The zero-order valence-corrected chi connectivity index (χ0v) is 13.8. The lowest BCUT2D eigenvalue weighted by Gasteiger charge is -2.05. The Morgan fingerprint density at radius 1 is 1.05 bits per heavy atom. The lowest BCUT2D eigenvalue weighted by molar-refractivity contribution is -0.141. The lowest BCUT2D eigenvalue weighted by Crippen LogP contribution is -2.11. The molecule has 1 aromatic rings. The van der Waals surface area contributed by atoms with Crippen molar-refractivity contribution in [2.24, 2.45) is 0 Å². The van der Waals surface area contributed by atoms with Crippen LogP contribution in [0.4, 0.5) is 0 Å². The number of rotatable bonds is 9. The van der Waals surface area contributed by atoms with Gasteiger partial charge in [0.25, 0.3) is 0 Å². The van der Waals surface area contributed by atoms with Crippen molar-refractivity contribution in [1.82, 2.24) is 0 Å². The van der Waals surface area contributed by atoms with E-state index in [-0.39, 0.29) is 28.8 Å². The van der Waals surface area contributed by atoms with Gasteiger partial charge in [-0.2, -0.15) is 0 Å². The summed E-state index contributed by atoms with van der Waals surface area (Å²) in [4.78, 5) is 22.5. The third kappa shape index (κ3) is 6.85. The number of Topliss-reactive ketones (excluding diaryl/α,β-unsaturated/α-hetero) is 1. The van der Waals surface area contributed by atoms with E-state index in [1.54, 1.807) is 24.3 Å². The summed E-state index contributed by atoms with van der Waals surface area (Å²) in [7, 11) is -3.41. The molecule has 0 spiro atoms. The summed E-state index contributed by atoms with van der Waals surface area (Å²) in [5.74, 6) is -0.590. The monoisotopic (exact) mass is 326 g/mol. The maximum Gasteiger partial charge on any atom is 0.302 e. The smallest absolute Gasteiger partial charge is 0.302 e. The molecular formula is C16H22O5S. The fourth-order valence-corrected chi connectivity index (χ4v) is 3.16. The van der Waals surface area contributed by atoms with Crippen molar-refractivity contribution in [3.05, 3.63) is 29.8 Å². The zero-order valence-electron chi connectivity index (χ0n) is 13.0. The quantitative estimate of drug-likeness (QED) is 0.514. The maximum absolute atomic E-state index is 12.1. The summed E-state index contributed by atoms with van der Waals surface area (Å²) in [6.07, 6.45) is 1.53. The summed E-state index contributed by atoms with van der Waals surface area (Å²) >= 11 is 0. The van der Waals surface area contributed by atoms with E-state index in [4.69, 9.17) is 4.74 Å². The van der Waals surface area contributed by atoms with Gasteiger partial charge in [0.1, 0.15) is 5.78 Å². The molecule has 0 saturated heterocycles. The highest BCUT2D eigenvalue weighted by molar-refractivity contribution is 7.91. The molecule has 122 valence electrons. The van der Waals surface area contributed by atoms with E-state index in [2.05, 4.69) is 0 Å². The molecule has 0 aromatic heterocycles. The minimum absolute atomic E-state index is 0.0176. The fraction of sp³-hybridized carbons (Fsp3) is 0.500. The minimum atomic E-state index is -3.41. The number of hydrogen-bond donors (Lipinski definition) is 0. The number of hydrogen-bond acceptors (Lipinski definition) is 5. The van der Waals surface area contributed by atoms with Crippen molar-refractivity contribution >= 4 is 21.6 Å². The molecule has 0 aliphatic carbocycles. The van der Waals surface area contributed by atoms with Crippen LogP contribution in [0.25, 0.3) is 0 Å². The second-order valence-corrected chi connectivity index (χ2v) is 7.33. The molecule has 0 unspecified atom stereocenters.